The molecule has 5 heteroatoms. The van der Waals surface area contributed by atoms with Crippen molar-refractivity contribution in [2.75, 3.05) is 0 Å². The van der Waals surface area contributed by atoms with Crippen LogP contribution in [0.3, 0.4) is 0 Å². The molecule has 0 aliphatic carbocycles. The normalized spacial score (nSPS) is 24.4. The van der Waals surface area contributed by atoms with Gasteiger partial charge in [0.1, 0.15) is 17.8 Å². The molecular formula is C23H30O4Si. The lowest BCUT2D eigenvalue weighted by molar-refractivity contribution is -0.108. The maximum atomic E-state index is 11.1. The Morgan fingerprint density at radius 2 is 1.54 bits per heavy atom. The average Bonchev–Trinajstić information content (AvgIpc) is 3.37. The van der Waals surface area contributed by atoms with Crippen LogP contribution in [-0.4, -0.2) is 43.6 Å². The lowest BCUT2D eigenvalue weighted by Gasteiger charge is -2.45. The highest BCUT2D eigenvalue weighted by Gasteiger charge is 2.61. The molecule has 1 saturated heterocycles. The van der Waals surface area contributed by atoms with Gasteiger partial charge in [-0.1, -0.05) is 81.4 Å². The molecule has 0 bridgehead atoms. The fraction of sp³-hybridized carbons (Fsp3) is 0.435. The second-order valence-corrected chi connectivity index (χ2v) is 13.0. The van der Waals surface area contributed by atoms with Crippen molar-refractivity contribution in [1.29, 1.82) is 0 Å². The van der Waals surface area contributed by atoms with E-state index in [1.54, 1.807) is 6.92 Å². The largest absolute Gasteiger partial charge is 0.402 e. The third kappa shape index (κ3) is 3.48. The minimum Gasteiger partial charge on any atom is -0.402 e. The number of hydrogen-bond acceptors (Lipinski definition) is 4. The lowest BCUT2D eigenvalue weighted by Crippen LogP contribution is -2.68. The molecule has 150 valence electrons. The van der Waals surface area contributed by atoms with Crippen molar-refractivity contribution in [1.82, 2.24) is 0 Å². The molecule has 2 aromatic carbocycles. The number of aldehydes is 1. The number of rotatable bonds is 7. The maximum Gasteiger partial charge on any atom is 0.261 e. The Balaban J connectivity index is 2.07. The highest BCUT2D eigenvalue weighted by molar-refractivity contribution is 6.99. The van der Waals surface area contributed by atoms with Crippen LogP contribution in [0, 0.1) is 0 Å². The van der Waals surface area contributed by atoms with Crippen molar-refractivity contribution in [3.05, 3.63) is 60.7 Å². The van der Waals surface area contributed by atoms with Crippen molar-refractivity contribution >= 4 is 25.0 Å². The van der Waals surface area contributed by atoms with Crippen LogP contribution in [0.2, 0.25) is 5.04 Å². The number of benzene rings is 2. The number of aliphatic hydroxyl groups is 1. The zero-order valence-electron chi connectivity index (χ0n) is 17.3. The van der Waals surface area contributed by atoms with E-state index in [4.69, 9.17) is 9.16 Å². The molecule has 4 atom stereocenters. The molecule has 3 rings (SSSR count). The quantitative estimate of drug-likeness (QED) is 0.443. The van der Waals surface area contributed by atoms with Crippen LogP contribution in [0.1, 0.15) is 34.6 Å². The highest BCUT2D eigenvalue weighted by atomic mass is 28.4. The monoisotopic (exact) mass is 398 g/mol. The molecule has 1 N–H and O–H groups in total. The number of aliphatic hydroxyl groups excluding tert-OH is 1. The summed E-state index contributed by atoms with van der Waals surface area (Å²) in [4.78, 5) is 11.1. The zero-order valence-corrected chi connectivity index (χ0v) is 18.3. The summed E-state index contributed by atoms with van der Waals surface area (Å²) >= 11 is 0. The number of carbonyl (C=O) groups excluding carboxylic acids is 1. The van der Waals surface area contributed by atoms with Crippen LogP contribution < -0.4 is 10.4 Å². The first-order valence-corrected chi connectivity index (χ1v) is 11.7. The van der Waals surface area contributed by atoms with E-state index in [9.17, 15) is 9.90 Å². The van der Waals surface area contributed by atoms with Crippen molar-refractivity contribution in [3.63, 3.8) is 0 Å². The van der Waals surface area contributed by atoms with Gasteiger partial charge in [0.2, 0.25) is 0 Å². The van der Waals surface area contributed by atoms with Gasteiger partial charge in [0.15, 0.2) is 6.29 Å². The van der Waals surface area contributed by atoms with E-state index in [-0.39, 0.29) is 5.04 Å². The second kappa shape index (κ2) is 7.56. The van der Waals surface area contributed by atoms with E-state index in [0.717, 1.165) is 16.7 Å². The molecule has 0 radical (unpaired) electrons. The number of hydrogen-bond donors (Lipinski definition) is 1. The molecule has 0 aromatic heterocycles. The minimum atomic E-state index is -2.76. The van der Waals surface area contributed by atoms with Gasteiger partial charge in [0.05, 0.1) is 6.10 Å². The predicted molar refractivity (Wildman–Crippen MR) is 114 cm³/mol. The molecule has 1 aliphatic rings. The Morgan fingerprint density at radius 3 is 1.89 bits per heavy atom. The van der Waals surface area contributed by atoms with Crippen molar-refractivity contribution in [2.24, 2.45) is 0 Å². The molecule has 28 heavy (non-hydrogen) atoms. The van der Waals surface area contributed by atoms with Crippen molar-refractivity contribution in [2.45, 2.75) is 63.6 Å². The van der Waals surface area contributed by atoms with Gasteiger partial charge in [0.25, 0.3) is 8.32 Å². The van der Waals surface area contributed by atoms with Crippen molar-refractivity contribution < 1.29 is 19.1 Å². The smallest absolute Gasteiger partial charge is 0.261 e. The summed E-state index contributed by atoms with van der Waals surface area (Å²) in [5.41, 5.74) is -0.882. The molecule has 0 amide bonds. The number of epoxide rings is 1. The Hall–Kier alpha value is -1.79. The standard InChI is InChI=1S/C23H30O4Si/c1-17(21(25)23(5)20(16-24)26-23)27-28(22(2,3)4,18-12-8-6-9-13-18)19-14-10-7-11-15-19/h6-17,20-21,25H,1-5H3/t17-,20-,21+,23?/m0/s1. The average molecular weight is 399 g/mol. The molecule has 1 unspecified atom stereocenters. The Morgan fingerprint density at radius 1 is 1.07 bits per heavy atom. The summed E-state index contributed by atoms with van der Waals surface area (Å²) in [5.74, 6) is 0. The lowest BCUT2D eigenvalue weighted by atomic mass is 9.97. The fourth-order valence-electron chi connectivity index (χ4n) is 4.14. The molecule has 1 fully saturated rings. The molecule has 0 spiro atoms. The topological polar surface area (TPSA) is 59.1 Å². The summed E-state index contributed by atoms with van der Waals surface area (Å²) in [6.45, 7) is 10.2. The SMILES string of the molecule is C[C@H](O[Si](c1ccccc1)(c1ccccc1)C(C)(C)C)[C@@H](O)C1(C)O[C@H]1C=O. The fourth-order valence-corrected chi connectivity index (χ4v) is 8.84. The first-order valence-electron chi connectivity index (χ1n) is 9.77. The van der Waals surface area contributed by atoms with Crippen LogP contribution in [0.25, 0.3) is 0 Å². The zero-order chi connectivity index (χ0) is 20.6. The van der Waals surface area contributed by atoms with Crippen LogP contribution in [0.5, 0.6) is 0 Å². The second-order valence-electron chi connectivity index (χ2n) is 8.79. The van der Waals surface area contributed by atoms with Gasteiger partial charge in [-0.15, -0.1) is 0 Å². The van der Waals surface area contributed by atoms with E-state index in [0.29, 0.717) is 0 Å². The van der Waals surface area contributed by atoms with Gasteiger partial charge in [-0.3, -0.25) is 0 Å². The van der Waals surface area contributed by atoms with Gasteiger partial charge < -0.3 is 19.1 Å². The maximum absolute atomic E-state index is 11.1. The summed E-state index contributed by atoms with van der Waals surface area (Å²) < 4.78 is 12.4. The number of ether oxygens (including phenoxy) is 1. The molecule has 4 nitrogen and oxygen atoms in total. The summed E-state index contributed by atoms with van der Waals surface area (Å²) in [6, 6.07) is 20.6. The Bertz CT molecular complexity index is 763. The van der Waals surface area contributed by atoms with Gasteiger partial charge in [-0.05, 0) is 29.3 Å². The summed E-state index contributed by atoms with van der Waals surface area (Å²) in [7, 11) is -2.76. The Kier molecular flexibility index (Phi) is 5.65. The molecule has 1 aliphatic heterocycles. The van der Waals surface area contributed by atoms with Crippen LogP contribution in [-0.2, 0) is 14.0 Å². The van der Waals surface area contributed by atoms with Crippen molar-refractivity contribution in [3.8, 4) is 0 Å². The van der Waals surface area contributed by atoms with Gasteiger partial charge in [-0.2, -0.15) is 0 Å². The first kappa shape index (κ1) is 20.9. The van der Waals surface area contributed by atoms with Crippen LogP contribution in [0.4, 0.5) is 0 Å². The van der Waals surface area contributed by atoms with E-state index in [1.807, 2.05) is 43.3 Å². The third-order valence-electron chi connectivity index (χ3n) is 5.82. The molecular weight excluding hydrogens is 368 g/mol. The first-order chi connectivity index (χ1) is 13.2. The summed E-state index contributed by atoms with van der Waals surface area (Å²) in [5, 5.41) is 13.1. The Labute approximate surface area is 168 Å². The van der Waals surface area contributed by atoms with E-state index in [2.05, 4.69) is 45.0 Å². The third-order valence-corrected chi connectivity index (χ3v) is 11.0. The summed E-state index contributed by atoms with van der Waals surface area (Å²) in [6.07, 6.45) is -1.23. The molecule has 2 aromatic rings. The van der Waals surface area contributed by atoms with Gasteiger partial charge >= 0.3 is 0 Å². The highest BCUT2D eigenvalue weighted by Crippen LogP contribution is 2.42. The van der Waals surface area contributed by atoms with E-state index >= 15 is 0 Å². The number of carbonyl (C=O) groups is 1. The molecule has 0 saturated carbocycles. The molecule has 1 heterocycles. The predicted octanol–water partition coefficient (Wildman–Crippen LogP) is 2.67. The van der Waals surface area contributed by atoms with E-state index < -0.39 is 32.2 Å². The van der Waals surface area contributed by atoms with Crippen LogP contribution in [0.15, 0.2) is 60.7 Å². The van der Waals surface area contributed by atoms with E-state index in [1.165, 1.54) is 0 Å². The van der Waals surface area contributed by atoms with Gasteiger partial charge in [-0.25, -0.2) is 0 Å². The minimum absolute atomic E-state index is 0.181. The van der Waals surface area contributed by atoms with Crippen LogP contribution >= 0.6 is 0 Å². The van der Waals surface area contributed by atoms with Gasteiger partial charge in [0, 0.05) is 0 Å².